The van der Waals surface area contributed by atoms with Gasteiger partial charge >= 0.3 is 0 Å². The number of hydrazone groups is 1. The van der Waals surface area contributed by atoms with Gasteiger partial charge in [-0.2, -0.15) is 5.10 Å². The second-order valence-electron chi connectivity index (χ2n) is 6.95. The Bertz CT molecular complexity index is 1020. The summed E-state index contributed by atoms with van der Waals surface area (Å²) < 4.78 is 0. The van der Waals surface area contributed by atoms with E-state index in [1.807, 2.05) is 62.2 Å². The molecular formula is C26H31N3. The SMILES string of the molecule is C=NN(CC1=CCCC=C1)/C(=C(\C)C(=N)/C=C\C)c1ccc(=C)/c(=C\C=CC)c1. The molecule has 0 bridgehead atoms. The van der Waals surface area contributed by atoms with Crippen LogP contribution in [0.1, 0.15) is 39.2 Å². The van der Waals surface area contributed by atoms with Gasteiger partial charge in [-0.15, -0.1) is 0 Å². The van der Waals surface area contributed by atoms with Crippen molar-refractivity contribution in [2.24, 2.45) is 5.10 Å². The maximum Gasteiger partial charge on any atom is 0.0720 e. The van der Waals surface area contributed by atoms with Crippen LogP contribution in [-0.2, 0) is 0 Å². The minimum absolute atomic E-state index is 0.460. The highest BCUT2D eigenvalue weighted by Crippen LogP contribution is 2.25. The average molecular weight is 386 g/mol. The van der Waals surface area contributed by atoms with E-state index >= 15 is 0 Å². The fraction of sp³-hybridized carbons (Fsp3) is 0.231. The van der Waals surface area contributed by atoms with Crippen molar-refractivity contribution in [1.29, 1.82) is 5.41 Å². The van der Waals surface area contributed by atoms with Crippen LogP contribution >= 0.6 is 0 Å². The Morgan fingerprint density at radius 1 is 1.24 bits per heavy atom. The molecule has 1 N–H and O–H groups in total. The van der Waals surface area contributed by atoms with E-state index in [9.17, 15) is 0 Å². The molecule has 0 heterocycles. The summed E-state index contributed by atoms with van der Waals surface area (Å²) in [6.45, 7) is 14.5. The average Bonchev–Trinajstić information content (AvgIpc) is 2.74. The standard InChI is InChI=1S/C26H31N3/c1-6-8-15-23-18-24(17-16-20(23)3)26(21(4)25(27)12-7-2)29(28-5)19-22-13-10-9-11-14-22/h6-8,10,12-18,27H,3,5,9,11,19H2,1-2,4H3/b8-6?,12-7-,23-15-,26-21+,27-25?. The van der Waals surface area contributed by atoms with Gasteiger partial charge in [0.25, 0.3) is 0 Å². The van der Waals surface area contributed by atoms with Gasteiger partial charge < -0.3 is 5.41 Å². The molecule has 2 rings (SSSR count). The second kappa shape index (κ2) is 11.0. The Labute approximate surface area is 174 Å². The predicted octanol–water partition coefficient (Wildman–Crippen LogP) is 4.97. The fourth-order valence-corrected chi connectivity index (χ4v) is 3.23. The smallest absolute Gasteiger partial charge is 0.0720 e. The largest absolute Gasteiger partial charge is 0.301 e. The van der Waals surface area contributed by atoms with Gasteiger partial charge in [-0.25, -0.2) is 0 Å². The monoisotopic (exact) mass is 385 g/mol. The lowest BCUT2D eigenvalue weighted by molar-refractivity contribution is 0.462. The lowest BCUT2D eigenvalue weighted by Crippen LogP contribution is -2.26. The van der Waals surface area contributed by atoms with Crippen molar-refractivity contribution < 1.29 is 0 Å². The molecule has 0 unspecified atom stereocenters. The number of rotatable bonds is 8. The van der Waals surface area contributed by atoms with E-state index in [2.05, 4.69) is 42.7 Å². The van der Waals surface area contributed by atoms with Gasteiger partial charge in [-0.3, -0.25) is 5.01 Å². The highest BCUT2D eigenvalue weighted by molar-refractivity contribution is 6.10. The van der Waals surface area contributed by atoms with Crippen molar-refractivity contribution in [3.8, 4) is 0 Å². The van der Waals surface area contributed by atoms with E-state index in [-0.39, 0.29) is 0 Å². The lowest BCUT2D eigenvalue weighted by atomic mass is 10.0. The van der Waals surface area contributed by atoms with Crippen LogP contribution in [0.3, 0.4) is 0 Å². The van der Waals surface area contributed by atoms with E-state index in [1.165, 1.54) is 5.57 Å². The van der Waals surface area contributed by atoms with E-state index in [1.54, 1.807) is 6.08 Å². The summed E-state index contributed by atoms with van der Waals surface area (Å²) in [4.78, 5) is 0. The van der Waals surface area contributed by atoms with Gasteiger partial charge in [0.05, 0.1) is 18.0 Å². The van der Waals surface area contributed by atoms with Gasteiger partial charge in [-0.05, 0) is 67.3 Å². The predicted molar refractivity (Wildman–Crippen MR) is 128 cm³/mol. The van der Waals surface area contributed by atoms with E-state index in [4.69, 9.17) is 5.41 Å². The molecule has 0 atom stereocenters. The summed E-state index contributed by atoms with van der Waals surface area (Å²) in [5.41, 5.74) is 4.40. The van der Waals surface area contributed by atoms with Crippen LogP contribution in [0.4, 0.5) is 0 Å². The van der Waals surface area contributed by atoms with Gasteiger partial charge in [0, 0.05) is 12.3 Å². The first-order chi connectivity index (χ1) is 14.0. The van der Waals surface area contributed by atoms with Crippen molar-refractivity contribution in [1.82, 2.24) is 5.01 Å². The Morgan fingerprint density at radius 3 is 2.66 bits per heavy atom. The molecule has 0 spiro atoms. The molecule has 0 radical (unpaired) electrons. The van der Waals surface area contributed by atoms with Crippen LogP contribution < -0.4 is 10.4 Å². The molecule has 0 saturated heterocycles. The van der Waals surface area contributed by atoms with Crippen LogP contribution in [0.25, 0.3) is 18.4 Å². The lowest BCUT2D eigenvalue weighted by Gasteiger charge is -2.26. The number of nitrogens with one attached hydrogen (secondary N) is 1. The van der Waals surface area contributed by atoms with Gasteiger partial charge in [-0.1, -0.05) is 61.2 Å². The van der Waals surface area contributed by atoms with E-state index in [0.717, 1.165) is 40.1 Å². The number of benzene rings is 1. The number of hydrogen-bond donors (Lipinski definition) is 1. The van der Waals surface area contributed by atoms with Crippen LogP contribution in [-0.4, -0.2) is 24.0 Å². The molecule has 0 aliphatic heterocycles. The zero-order chi connectivity index (χ0) is 21.2. The highest BCUT2D eigenvalue weighted by atomic mass is 15.4. The maximum absolute atomic E-state index is 8.48. The second-order valence-corrected chi connectivity index (χ2v) is 6.95. The molecule has 1 aliphatic rings. The maximum atomic E-state index is 8.48. The van der Waals surface area contributed by atoms with Crippen LogP contribution in [0, 0.1) is 5.41 Å². The molecule has 1 aliphatic carbocycles. The summed E-state index contributed by atoms with van der Waals surface area (Å²) in [5, 5.41) is 16.7. The fourth-order valence-electron chi connectivity index (χ4n) is 3.23. The van der Waals surface area contributed by atoms with Gasteiger partial charge in [0.1, 0.15) is 0 Å². The first-order valence-corrected chi connectivity index (χ1v) is 9.96. The Hall–Kier alpha value is -3.20. The molecule has 0 amide bonds. The quantitative estimate of drug-likeness (QED) is 0.498. The Morgan fingerprint density at radius 2 is 2.03 bits per heavy atom. The van der Waals surface area contributed by atoms with Crippen LogP contribution in [0.15, 0.2) is 77.0 Å². The minimum atomic E-state index is 0.460. The third kappa shape index (κ3) is 5.89. The summed E-state index contributed by atoms with van der Waals surface area (Å²) in [7, 11) is 0. The molecule has 1 aromatic carbocycles. The molecule has 0 aromatic heterocycles. The molecular weight excluding hydrogens is 354 g/mol. The molecule has 0 fully saturated rings. The molecule has 29 heavy (non-hydrogen) atoms. The minimum Gasteiger partial charge on any atom is -0.301 e. The molecule has 3 heteroatoms. The number of allylic oxidation sites excluding steroid dienone is 7. The van der Waals surface area contributed by atoms with Crippen molar-refractivity contribution in [3.63, 3.8) is 0 Å². The third-order valence-corrected chi connectivity index (χ3v) is 4.81. The zero-order valence-corrected chi connectivity index (χ0v) is 17.8. The summed E-state index contributed by atoms with van der Waals surface area (Å²) >= 11 is 0. The van der Waals surface area contributed by atoms with Crippen molar-refractivity contribution in [3.05, 3.63) is 87.9 Å². The van der Waals surface area contributed by atoms with E-state index in [0.29, 0.717) is 12.3 Å². The summed E-state index contributed by atoms with van der Waals surface area (Å²) in [5.74, 6) is 0. The van der Waals surface area contributed by atoms with Crippen molar-refractivity contribution >= 4 is 30.8 Å². The van der Waals surface area contributed by atoms with Gasteiger partial charge in [0.15, 0.2) is 0 Å². The zero-order valence-electron chi connectivity index (χ0n) is 17.8. The van der Waals surface area contributed by atoms with E-state index < -0.39 is 0 Å². The van der Waals surface area contributed by atoms with Crippen molar-refractivity contribution in [2.45, 2.75) is 33.6 Å². The van der Waals surface area contributed by atoms with Crippen LogP contribution in [0.5, 0.6) is 0 Å². The molecule has 1 aromatic rings. The van der Waals surface area contributed by atoms with Gasteiger partial charge in [0.2, 0.25) is 0 Å². The Kier molecular flexibility index (Phi) is 8.35. The number of hydrogen-bond acceptors (Lipinski definition) is 3. The third-order valence-electron chi connectivity index (χ3n) is 4.81. The molecule has 150 valence electrons. The first kappa shape index (κ1) is 22.1. The topological polar surface area (TPSA) is 39.5 Å². The van der Waals surface area contributed by atoms with Crippen molar-refractivity contribution in [2.75, 3.05) is 6.54 Å². The molecule has 3 nitrogen and oxygen atoms in total. The number of nitrogens with zero attached hydrogens (tertiary/aromatic N) is 2. The Balaban J connectivity index is 2.65. The van der Waals surface area contributed by atoms with Crippen LogP contribution in [0.2, 0.25) is 0 Å². The first-order valence-electron chi connectivity index (χ1n) is 9.96. The normalized spacial score (nSPS) is 15.6. The summed E-state index contributed by atoms with van der Waals surface area (Å²) in [6, 6.07) is 6.16. The molecule has 0 saturated carbocycles. The summed E-state index contributed by atoms with van der Waals surface area (Å²) in [6.07, 6.45) is 18.4. The highest BCUT2D eigenvalue weighted by Gasteiger charge is 2.17.